The van der Waals surface area contributed by atoms with Gasteiger partial charge in [0, 0.05) is 33.7 Å². The van der Waals surface area contributed by atoms with Crippen molar-refractivity contribution in [3.8, 4) is 56.4 Å². The number of allylic oxidation sites excluding steroid dienone is 5. The van der Waals surface area contributed by atoms with Gasteiger partial charge in [-0.15, -0.1) is 0 Å². The zero-order valence-electron chi connectivity index (χ0n) is 33.4. The summed E-state index contributed by atoms with van der Waals surface area (Å²) < 4.78 is 0. The fraction of sp³-hybridized carbons (Fsp3) is 0.0893. The maximum absolute atomic E-state index is 6.36. The van der Waals surface area contributed by atoms with Gasteiger partial charge < -0.3 is 5.73 Å². The van der Waals surface area contributed by atoms with E-state index < -0.39 is 5.41 Å². The summed E-state index contributed by atoms with van der Waals surface area (Å²) in [6.07, 6.45) is 6.24. The first-order valence-electron chi connectivity index (χ1n) is 20.8. The number of nitrogens with two attached hydrogens (primary N) is 1. The van der Waals surface area contributed by atoms with Crippen molar-refractivity contribution in [1.29, 1.82) is 0 Å². The monoisotopic (exact) mass is 768 g/mol. The lowest BCUT2D eigenvalue weighted by molar-refractivity contribution is 0.563. The molecule has 0 amide bonds. The summed E-state index contributed by atoms with van der Waals surface area (Å²) in [6, 6.07) is 61.6. The van der Waals surface area contributed by atoms with Crippen molar-refractivity contribution in [3.63, 3.8) is 0 Å². The summed E-state index contributed by atoms with van der Waals surface area (Å²) in [5.74, 6) is 2.19. The van der Waals surface area contributed by atoms with Crippen LogP contribution in [0.2, 0.25) is 0 Å². The van der Waals surface area contributed by atoms with Gasteiger partial charge in [-0.3, -0.25) is 0 Å². The zero-order chi connectivity index (χ0) is 40.2. The third kappa shape index (κ3) is 4.88. The molecule has 12 rings (SSSR count). The molecule has 0 bridgehead atoms. The highest BCUT2D eigenvalue weighted by molar-refractivity contribution is 5.97. The Morgan fingerprint density at radius 3 is 1.62 bits per heavy atom. The summed E-state index contributed by atoms with van der Waals surface area (Å²) in [6.45, 7) is 4.74. The van der Waals surface area contributed by atoms with Gasteiger partial charge >= 0.3 is 0 Å². The molecule has 4 aliphatic carbocycles. The minimum atomic E-state index is -0.439. The average Bonchev–Trinajstić information content (AvgIpc) is 3.98. The van der Waals surface area contributed by atoms with Gasteiger partial charge in [0.1, 0.15) is 0 Å². The molecule has 0 aliphatic heterocycles. The molecule has 2 N–H and O–H groups in total. The normalized spacial score (nSPS) is 17.0. The predicted octanol–water partition coefficient (Wildman–Crippen LogP) is 12.3. The molecule has 0 fully saturated rings. The minimum absolute atomic E-state index is 0.140. The highest BCUT2D eigenvalue weighted by Crippen LogP contribution is 2.63. The first-order valence-corrected chi connectivity index (χ1v) is 20.8. The van der Waals surface area contributed by atoms with E-state index in [0.29, 0.717) is 17.5 Å². The third-order valence-electron chi connectivity index (χ3n) is 13.4. The van der Waals surface area contributed by atoms with E-state index in [4.69, 9.17) is 20.7 Å². The lowest BCUT2D eigenvalue weighted by Crippen LogP contribution is -2.40. The second-order valence-electron chi connectivity index (χ2n) is 16.9. The van der Waals surface area contributed by atoms with Crippen LogP contribution in [-0.2, 0) is 10.8 Å². The van der Waals surface area contributed by atoms with Crippen LogP contribution >= 0.6 is 0 Å². The van der Waals surface area contributed by atoms with Crippen LogP contribution < -0.4 is 5.73 Å². The molecule has 1 heterocycles. The lowest BCUT2D eigenvalue weighted by atomic mass is 9.55. The van der Waals surface area contributed by atoms with E-state index >= 15 is 0 Å². The fourth-order valence-electron chi connectivity index (χ4n) is 10.6. The molecule has 8 aromatic rings. The number of fused-ring (bicyclic) bond motifs is 10. The highest BCUT2D eigenvalue weighted by Gasteiger charge is 2.53. The van der Waals surface area contributed by atoms with Crippen LogP contribution in [0.3, 0.4) is 0 Å². The van der Waals surface area contributed by atoms with Gasteiger partial charge in [0.25, 0.3) is 0 Å². The van der Waals surface area contributed by atoms with Crippen LogP contribution in [0.1, 0.15) is 52.8 Å². The molecule has 4 nitrogen and oxygen atoms in total. The Balaban J connectivity index is 0.989. The molecule has 60 heavy (non-hydrogen) atoms. The van der Waals surface area contributed by atoms with E-state index in [0.717, 1.165) is 33.5 Å². The number of rotatable bonds is 5. The van der Waals surface area contributed by atoms with Crippen molar-refractivity contribution in [2.45, 2.75) is 24.7 Å². The van der Waals surface area contributed by atoms with Gasteiger partial charge in [0.15, 0.2) is 17.5 Å². The predicted molar refractivity (Wildman–Crippen MR) is 243 cm³/mol. The quantitative estimate of drug-likeness (QED) is 0.189. The van der Waals surface area contributed by atoms with Crippen LogP contribution in [-0.4, -0.2) is 15.0 Å². The largest absolute Gasteiger partial charge is 0.398 e. The molecule has 0 saturated carbocycles. The maximum atomic E-state index is 6.36. The first kappa shape index (κ1) is 34.6. The van der Waals surface area contributed by atoms with Crippen molar-refractivity contribution in [2.24, 2.45) is 11.7 Å². The Labute approximate surface area is 350 Å². The third-order valence-corrected chi connectivity index (χ3v) is 13.4. The lowest BCUT2D eigenvalue weighted by Gasteiger charge is -2.46. The van der Waals surface area contributed by atoms with E-state index in [1.54, 1.807) is 0 Å². The summed E-state index contributed by atoms with van der Waals surface area (Å²) >= 11 is 0. The molecule has 0 radical (unpaired) electrons. The molecular weight excluding hydrogens is 729 g/mol. The van der Waals surface area contributed by atoms with E-state index in [-0.39, 0.29) is 11.3 Å². The maximum Gasteiger partial charge on any atom is 0.164 e. The summed E-state index contributed by atoms with van der Waals surface area (Å²) in [5.41, 5.74) is 26.1. The van der Waals surface area contributed by atoms with Crippen molar-refractivity contribution in [1.82, 2.24) is 15.0 Å². The van der Waals surface area contributed by atoms with Gasteiger partial charge in [-0.2, -0.15) is 0 Å². The molecule has 1 aromatic heterocycles. The summed E-state index contributed by atoms with van der Waals surface area (Å²) in [7, 11) is 0. The Kier molecular flexibility index (Phi) is 7.37. The molecule has 0 saturated heterocycles. The van der Waals surface area contributed by atoms with E-state index in [2.05, 4.69) is 172 Å². The van der Waals surface area contributed by atoms with Gasteiger partial charge in [0.05, 0.1) is 5.41 Å². The summed E-state index contributed by atoms with van der Waals surface area (Å²) in [4.78, 5) is 15.3. The van der Waals surface area contributed by atoms with Gasteiger partial charge in [-0.1, -0.05) is 190 Å². The molecule has 284 valence electrons. The molecule has 1 spiro atoms. The Morgan fingerprint density at radius 1 is 0.433 bits per heavy atom. The molecule has 4 heteroatoms. The fourth-order valence-corrected chi connectivity index (χ4v) is 10.6. The van der Waals surface area contributed by atoms with Gasteiger partial charge in [-0.05, 0) is 84.5 Å². The Morgan fingerprint density at radius 2 is 0.933 bits per heavy atom. The minimum Gasteiger partial charge on any atom is -0.398 e. The van der Waals surface area contributed by atoms with E-state index in [9.17, 15) is 0 Å². The van der Waals surface area contributed by atoms with Crippen LogP contribution in [0.5, 0.6) is 0 Å². The van der Waals surface area contributed by atoms with Crippen molar-refractivity contribution in [2.75, 3.05) is 0 Å². The molecule has 0 unspecified atom stereocenters. The SMILES string of the molecule is CC1(C)c2ccccc2C2(c3ccccc3-c3c(-c4ccc(-c5nc(-c6ccccc6)nc(-c6cccc(C7=C8C(N)=CC=C[C@H]87)c6)n5)cc4)cccc32)c2ccccc21. The summed E-state index contributed by atoms with van der Waals surface area (Å²) in [5, 5.41) is 0. The van der Waals surface area contributed by atoms with Crippen LogP contribution in [0.4, 0.5) is 0 Å². The second-order valence-corrected chi connectivity index (χ2v) is 16.9. The van der Waals surface area contributed by atoms with Crippen LogP contribution in [0.25, 0.3) is 62.0 Å². The standard InChI is InChI=1S/C56H40N4/c1-55(2)43-23-8-10-25-45(43)56(46-26-11-9-24-44(46)55)42-22-7-6-19-40(42)50-39(20-13-27-47(50)56)34-29-31-36(32-30-34)53-58-52(35-15-4-3-5-16-35)59-54(60-53)38-18-12-17-37(33-38)49-41-21-14-28-48(57)51(41)49/h3-33,41H,57H2,1-2H3/t41-/m0/s1. The van der Waals surface area contributed by atoms with Crippen molar-refractivity contribution < 1.29 is 0 Å². The number of benzene rings is 7. The van der Waals surface area contributed by atoms with Crippen LogP contribution in [0.15, 0.2) is 199 Å². The van der Waals surface area contributed by atoms with Gasteiger partial charge in [0.2, 0.25) is 0 Å². The number of hydrogen-bond donors (Lipinski definition) is 1. The number of nitrogens with zero attached hydrogens (tertiary/aromatic N) is 3. The van der Waals surface area contributed by atoms with Crippen molar-refractivity contribution in [3.05, 3.63) is 238 Å². The van der Waals surface area contributed by atoms with E-state index in [1.165, 1.54) is 61.2 Å². The number of hydrogen-bond acceptors (Lipinski definition) is 4. The van der Waals surface area contributed by atoms with Crippen LogP contribution in [0, 0.1) is 5.92 Å². The van der Waals surface area contributed by atoms with Gasteiger partial charge in [-0.25, -0.2) is 15.0 Å². The van der Waals surface area contributed by atoms with E-state index in [1.807, 2.05) is 30.4 Å². The molecule has 1 atom stereocenters. The Bertz CT molecular complexity index is 3140. The van der Waals surface area contributed by atoms with Crippen molar-refractivity contribution >= 4 is 5.57 Å². The smallest absolute Gasteiger partial charge is 0.164 e. The highest BCUT2D eigenvalue weighted by atomic mass is 15.0. The molecule has 4 aliphatic rings. The Hall–Kier alpha value is -7.43. The number of aromatic nitrogens is 3. The zero-order valence-corrected chi connectivity index (χ0v) is 33.4. The first-order chi connectivity index (χ1) is 29.4. The topological polar surface area (TPSA) is 64.7 Å². The molecule has 7 aromatic carbocycles. The second kappa shape index (κ2) is 12.8. The average molecular weight is 769 g/mol. The molecular formula is C56H40N4.